The van der Waals surface area contributed by atoms with Gasteiger partial charge < -0.3 is 9.30 Å². The van der Waals surface area contributed by atoms with Crippen LogP contribution in [-0.2, 0) is 20.5 Å². The van der Waals surface area contributed by atoms with E-state index in [9.17, 15) is 14.4 Å². The third-order valence-electron chi connectivity index (χ3n) is 3.25. The maximum atomic E-state index is 12.3. The van der Waals surface area contributed by atoms with Crippen molar-refractivity contribution >= 4 is 5.78 Å². The summed E-state index contributed by atoms with van der Waals surface area (Å²) >= 11 is 0. The van der Waals surface area contributed by atoms with E-state index in [1.165, 1.54) is 24.9 Å². The second-order valence-electron chi connectivity index (χ2n) is 4.75. The first-order chi connectivity index (χ1) is 9.93. The van der Waals surface area contributed by atoms with Crippen LogP contribution in [0.1, 0.15) is 15.9 Å². The summed E-state index contributed by atoms with van der Waals surface area (Å²) in [5.74, 6) is 0.313. The van der Waals surface area contributed by atoms with Crippen molar-refractivity contribution in [1.29, 1.82) is 0 Å². The van der Waals surface area contributed by atoms with E-state index < -0.39 is 11.2 Å². The van der Waals surface area contributed by atoms with Gasteiger partial charge in [-0.15, -0.1) is 0 Å². The van der Waals surface area contributed by atoms with Gasteiger partial charge in [0.2, 0.25) is 0 Å². The number of hydrogen-bond donors (Lipinski definition) is 0. The van der Waals surface area contributed by atoms with Crippen LogP contribution < -0.4 is 16.0 Å². The third-order valence-corrected chi connectivity index (χ3v) is 3.25. The Morgan fingerprint density at radius 2 is 1.95 bits per heavy atom. The number of methoxy groups -OCH3 is 1. The van der Waals surface area contributed by atoms with E-state index in [1.807, 2.05) is 0 Å². The van der Waals surface area contributed by atoms with Crippen molar-refractivity contribution in [3.05, 3.63) is 62.4 Å². The Hall–Kier alpha value is -2.63. The molecule has 0 N–H and O–H groups in total. The van der Waals surface area contributed by atoms with Crippen molar-refractivity contribution in [3.8, 4) is 5.75 Å². The van der Waals surface area contributed by atoms with E-state index >= 15 is 0 Å². The van der Waals surface area contributed by atoms with Crippen LogP contribution in [0.25, 0.3) is 0 Å². The van der Waals surface area contributed by atoms with Gasteiger partial charge in [-0.3, -0.25) is 14.2 Å². The van der Waals surface area contributed by atoms with Crippen molar-refractivity contribution in [1.82, 2.24) is 9.13 Å². The minimum Gasteiger partial charge on any atom is -0.497 e. The van der Waals surface area contributed by atoms with Crippen molar-refractivity contribution in [2.75, 3.05) is 7.11 Å². The molecular formula is C15H16N2O4. The fourth-order valence-electron chi connectivity index (χ4n) is 2.06. The second-order valence-corrected chi connectivity index (χ2v) is 4.75. The van der Waals surface area contributed by atoms with Gasteiger partial charge in [-0.1, -0.05) is 12.1 Å². The molecule has 1 heterocycles. The Morgan fingerprint density at radius 3 is 2.62 bits per heavy atom. The van der Waals surface area contributed by atoms with Gasteiger partial charge in [0.15, 0.2) is 5.78 Å². The van der Waals surface area contributed by atoms with Crippen LogP contribution in [0.15, 0.2) is 40.1 Å². The number of nitrogens with zero attached hydrogens (tertiary/aromatic N) is 2. The number of carbonyl (C=O) groups excluding carboxylic acids is 1. The molecule has 0 unspecified atom stereocenters. The number of ether oxygens (including phenoxy) is 1. The highest BCUT2D eigenvalue weighted by molar-refractivity contribution is 5.96. The predicted molar refractivity (Wildman–Crippen MR) is 78.0 cm³/mol. The molecule has 0 fully saturated rings. The third kappa shape index (κ3) is 2.94. The summed E-state index contributed by atoms with van der Waals surface area (Å²) in [4.78, 5) is 35.9. The van der Waals surface area contributed by atoms with Crippen LogP contribution in [-0.4, -0.2) is 22.0 Å². The van der Waals surface area contributed by atoms with Gasteiger partial charge in [-0.2, -0.15) is 0 Å². The van der Waals surface area contributed by atoms with Crippen LogP contribution in [0, 0.1) is 0 Å². The first kappa shape index (κ1) is 14.8. The number of hydrogen-bond acceptors (Lipinski definition) is 4. The average molecular weight is 288 g/mol. The zero-order valence-electron chi connectivity index (χ0n) is 12.1. The Labute approximate surface area is 121 Å². The molecule has 0 saturated heterocycles. The lowest BCUT2D eigenvalue weighted by Crippen LogP contribution is -2.39. The van der Waals surface area contributed by atoms with Gasteiger partial charge in [0.05, 0.1) is 12.7 Å². The molecule has 0 amide bonds. The fraction of sp³-hybridized carbons (Fsp3) is 0.267. The Kier molecular flexibility index (Phi) is 4.07. The van der Waals surface area contributed by atoms with E-state index in [-0.39, 0.29) is 17.8 Å². The molecule has 1 aromatic carbocycles. The molecule has 0 saturated carbocycles. The lowest BCUT2D eigenvalue weighted by molar-refractivity contribution is 0.0990. The van der Waals surface area contributed by atoms with Crippen LogP contribution >= 0.6 is 0 Å². The molecule has 6 heteroatoms. The van der Waals surface area contributed by atoms with Gasteiger partial charge in [-0.25, -0.2) is 4.79 Å². The van der Waals surface area contributed by atoms with Crippen LogP contribution in [0.3, 0.4) is 0 Å². The molecule has 0 spiro atoms. The minimum absolute atomic E-state index is 0.00224. The monoisotopic (exact) mass is 288 g/mol. The molecule has 0 aliphatic carbocycles. The molecule has 21 heavy (non-hydrogen) atoms. The Bertz CT molecular complexity index is 802. The Balaban J connectivity index is 2.37. The molecule has 1 aromatic heterocycles. The first-order valence-corrected chi connectivity index (χ1v) is 6.37. The second kappa shape index (κ2) is 5.78. The quantitative estimate of drug-likeness (QED) is 0.769. The summed E-state index contributed by atoms with van der Waals surface area (Å²) in [6, 6.07) is 7.08. The van der Waals surface area contributed by atoms with E-state index in [4.69, 9.17) is 4.74 Å². The summed E-state index contributed by atoms with van der Waals surface area (Å²) in [5.41, 5.74) is -0.290. The van der Waals surface area contributed by atoms with Crippen LogP contribution in [0.5, 0.6) is 5.75 Å². The zero-order chi connectivity index (χ0) is 15.6. The minimum atomic E-state index is -0.578. The largest absolute Gasteiger partial charge is 0.497 e. The predicted octanol–water partition coefficient (Wildman–Crippen LogP) is 0.518. The van der Waals surface area contributed by atoms with E-state index in [0.29, 0.717) is 5.75 Å². The molecule has 110 valence electrons. The summed E-state index contributed by atoms with van der Waals surface area (Å²) < 4.78 is 7.25. The zero-order valence-corrected chi connectivity index (χ0v) is 12.1. The summed E-state index contributed by atoms with van der Waals surface area (Å²) in [5, 5.41) is 0. The molecule has 0 radical (unpaired) electrons. The van der Waals surface area contributed by atoms with Crippen molar-refractivity contribution < 1.29 is 9.53 Å². The average Bonchev–Trinajstić information content (AvgIpc) is 2.48. The highest BCUT2D eigenvalue weighted by Gasteiger charge is 2.15. The maximum absolute atomic E-state index is 12.3. The number of carbonyl (C=O) groups is 1. The fourth-order valence-corrected chi connectivity index (χ4v) is 2.06. The molecule has 0 bridgehead atoms. The summed E-state index contributed by atoms with van der Waals surface area (Å²) in [6.45, 7) is 0. The first-order valence-electron chi connectivity index (χ1n) is 6.37. The number of rotatable bonds is 4. The number of aryl methyl sites for hydroxylation is 1. The number of benzene rings is 1. The van der Waals surface area contributed by atoms with Crippen LogP contribution in [0.4, 0.5) is 0 Å². The van der Waals surface area contributed by atoms with Crippen LogP contribution in [0.2, 0.25) is 0 Å². The number of aromatic nitrogens is 2. The maximum Gasteiger partial charge on any atom is 0.330 e. The van der Waals surface area contributed by atoms with Gasteiger partial charge in [-0.05, 0) is 17.7 Å². The molecule has 0 atom stereocenters. The molecule has 2 rings (SSSR count). The van der Waals surface area contributed by atoms with Crippen molar-refractivity contribution in [2.24, 2.45) is 14.1 Å². The van der Waals surface area contributed by atoms with Gasteiger partial charge in [0.1, 0.15) is 5.75 Å². The highest BCUT2D eigenvalue weighted by Crippen LogP contribution is 2.14. The van der Waals surface area contributed by atoms with Gasteiger partial charge in [0, 0.05) is 26.7 Å². The molecule has 6 nitrogen and oxygen atoms in total. The molecule has 2 aromatic rings. The topological polar surface area (TPSA) is 70.3 Å². The highest BCUT2D eigenvalue weighted by atomic mass is 16.5. The SMILES string of the molecule is COc1cccc(CC(=O)c2cn(C)c(=O)n(C)c2=O)c1. The van der Waals surface area contributed by atoms with Crippen molar-refractivity contribution in [3.63, 3.8) is 0 Å². The molecule has 0 aliphatic rings. The molecule has 0 aliphatic heterocycles. The lowest BCUT2D eigenvalue weighted by atomic mass is 10.0. The lowest BCUT2D eigenvalue weighted by Gasteiger charge is -2.07. The van der Waals surface area contributed by atoms with E-state index in [1.54, 1.807) is 31.4 Å². The molecular weight excluding hydrogens is 272 g/mol. The normalized spacial score (nSPS) is 10.4. The summed E-state index contributed by atoms with van der Waals surface area (Å²) in [7, 11) is 4.40. The Morgan fingerprint density at radius 1 is 1.24 bits per heavy atom. The number of ketones is 1. The van der Waals surface area contributed by atoms with Gasteiger partial charge >= 0.3 is 5.69 Å². The number of Topliss-reactive ketones (excluding diaryl/α,β-unsaturated/α-hetero) is 1. The summed E-state index contributed by atoms with van der Waals surface area (Å²) in [6.07, 6.45) is 1.36. The standard InChI is InChI=1S/C15H16N2O4/c1-16-9-12(14(19)17(2)15(16)20)13(18)8-10-5-4-6-11(7-10)21-3/h4-7,9H,8H2,1-3H3. The van der Waals surface area contributed by atoms with E-state index in [0.717, 1.165) is 10.1 Å². The van der Waals surface area contributed by atoms with Gasteiger partial charge in [0.25, 0.3) is 5.56 Å². The smallest absolute Gasteiger partial charge is 0.330 e. The van der Waals surface area contributed by atoms with E-state index in [2.05, 4.69) is 0 Å². The van der Waals surface area contributed by atoms with Crippen molar-refractivity contribution in [2.45, 2.75) is 6.42 Å².